The summed E-state index contributed by atoms with van der Waals surface area (Å²) >= 11 is 0. The van der Waals surface area contributed by atoms with E-state index >= 15 is 0 Å². The maximum absolute atomic E-state index is 2.36. The number of hydrogen-bond donors (Lipinski definition) is 0. The van der Waals surface area contributed by atoms with E-state index in [4.69, 9.17) is 0 Å². The molecule has 0 aliphatic carbocycles. The van der Waals surface area contributed by atoms with E-state index in [1.54, 1.807) is 0 Å². The highest BCUT2D eigenvalue weighted by Gasteiger charge is 2.10. The monoisotopic (exact) mass is 154 g/mol. The third kappa shape index (κ3) is 4.23. The first-order chi connectivity index (χ1) is 5.26. The molecule has 0 N–H and O–H groups in total. The van der Waals surface area contributed by atoms with Gasteiger partial charge in [-0.3, -0.25) is 0 Å². The molecule has 0 heteroatoms. The van der Waals surface area contributed by atoms with Crippen LogP contribution in [0.2, 0.25) is 0 Å². The van der Waals surface area contributed by atoms with Crippen molar-refractivity contribution in [1.29, 1.82) is 0 Å². The molecule has 0 rings (SSSR count). The van der Waals surface area contributed by atoms with E-state index in [0.717, 1.165) is 11.8 Å². The maximum Gasteiger partial charge on any atom is -0.0211 e. The average molecular weight is 154 g/mol. The number of hydrogen-bond acceptors (Lipinski definition) is 0. The zero-order chi connectivity index (χ0) is 8.69. The van der Waals surface area contributed by atoms with E-state index in [9.17, 15) is 0 Å². The quantitative estimate of drug-likeness (QED) is 0.524. The lowest BCUT2D eigenvalue weighted by molar-refractivity contribution is 0.388. The van der Waals surface area contributed by atoms with Crippen molar-refractivity contribution in [3.8, 4) is 0 Å². The first-order valence-corrected chi connectivity index (χ1v) is 4.89. The highest BCUT2D eigenvalue weighted by Crippen LogP contribution is 2.21. The second-order valence-corrected chi connectivity index (χ2v) is 3.36. The van der Waals surface area contributed by atoms with Gasteiger partial charge >= 0.3 is 0 Å². The van der Waals surface area contributed by atoms with E-state index in [-0.39, 0.29) is 0 Å². The lowest BCUT2D eigenvalue weighted by Gasteiger charge is -2.18. The Morgan fingerprint density at radius 1 is 1.27 bits per heavy atom. The standard InChI is InChI=1S/C11H22/c1-5-8-10(4)11(7-3)9-6-2/h6,9-11H,5,7-8H2,1-4H3. The van der Waals surface area contributed by atoms with Crippen LogP contribution in [0.3, 0.4) is 0 Å². The molecule has 66 valence electrons. The summed E-state index contributed by atoms with van der Waals surface area (Å²) in [7, 11) is 0. The molecule has 2 unspecified atom stereocenters. The van der Waals surface area contributed by atoms with E-state index in [2.05, 4.69) is 39.8 Å². The molecule has 0 saturated heterocycles. The summed E-state index contributed by atoms with van der Waals surface area (Å²) in [6, 6.07) is 0. The van der Waals surface area contributed by atoms with Crippen LogP contribution in [0, 0.1) is 11.8 Å². The SMILES string of the molecule is CC=CC(CC)C(C)CCC. The van der Waals surface area contributed by atoms with Crippen LogP contribution >= 0.6 is 0 Å². The predicted octanol–water partition coefficient (Wildman–Crippen LogP) is 4.02. The highest BCUT2D eigenvalue weighted by atomic mass is 14.1. The van der Waals surface area contributed by atoms with Crippen LogP contribution in [-0.2, 0) is 0 Å². The first-order valence-electron chi connectivity index (χ1n) is 4.89. The Bertz CT molecular complexity index is 103. The molecule has 0 aliphatic heterocycles. The lowest BCUT2D eigenvalue weighted by Crippen LogP contribution is -2.07. The van der Waals surface area contributed by atoms with Crippen molar-refractivity contribution in [3.63, 3.8) is 0 Å². The summed E-state index contributed by atoms with van der Waals surface area (Å²) in [4.78, 5) is 0. The van der Waals surface area contributed by atoms with Crippen LogP contribution in [0.4, 0.5) is 0 Å². The molecule has 2 atom stereocenters. The van der Waals surface area contributed by atoms with Crippen molar-refractivity contribution in [2.45, 2.75) is 47.0 Å². The molecule has 0 nitrogen and oxygen atoms in total. The Labute approximate surface area is 71.7 Å². The normalized spacial score (nSPS) is 17.1. The second-order valence-electron chi connectivity index (χ2n) is 3.36. The van der Waals surface area contributed by atoms with Gasteiger partial charge in [0.05, 0.1) is 0 Å². The zero-order valence-corrected chi connectivity index (χ0v) is 8.43. The molecule has 0 aromatic rings. The van der Waals surface area contributed by atoms with Gasteiger partial charge in [0.2, 0.25) is 0 Å². The van der Waals surface area contributed by atoms with Crippen LogP contribution in [-0.4, -0.2) is 0 Å². The summed E-state index contributed by atoms with van der Waals surface area (Å²) < 4.78 is 0. The van der Waals surface area contributed by atoms with Crippen molar-refractivity contribution in [2.24, 2.45) is 11.8 Å². The molecule has 0 bridgehead atoms. The third-order valence-corrected chi connectivity index (χ3v) is 2.39. The van der Waals surface area contributed by atoms with Crippen LogP contribution < -0.4 is 0 Å². The predicted molar refractivity (Wildman–Crippen MR) is 52.7 cm³/mol. The molecule has 0 spiro atoms. The fourth-order valence-electron chi connectivity index (χ4n) is 1.64. The van der Waals surface area contributed by atoms with E-state index in [1.807, 2.05) is 0 Å². The van der Waals surface area contributed by atoms with Gasteiger partial charge in [-0.25, -0.2) is 0 Å². The van der Waals surface area contributed by atoms with Gasteiger partial charge in [0.15, 0.2) is 0 Å². The highest BCUT2D eigenvalue weighted by molar-refractivity contribution is 4.87. The minimum atomic E-state index is 0.806. The average Bonchev–Trinajstić information content (AvgIpc) is 2.00. The van der Waals surface area contributed by atoms with Crippen LogP contribution in [0.5, 0.6) is 0 Å². The van der Waals surface area contributed by atoms with Crippen molar-refractivity contribution in [2.75, 3.05) is 0 Å². The molecule has 0 radical (unpaired) electrons. The van der Waals surface area contributed by atoms with E-state index < -0.39 is 0 Å². The molecule has 0 heterocycles. The second kappa shape index (κ2) is 6.45. The van der Waals surface area contributed by atoms with Gasteiger partial charge in [0.25, 0.3) is 0 Å². The Morgan fingerprint density at radius 3 is 2.27 bits per heavy atom. The van der Waals surface area contributed by atoms with Crippen molar-refractivity contribution in [3.05, 3.63) is 12.2 Å². The van der Waals surface area contributed by atoms with Crippen molar-refractivity contribution < 1.29 is 0 Å². The molecular weight excluding hydrogens is 132 g/mol. The number of rotatable bonds is 5. The van der Waals surface area contributed by atoms with E-state index in [0.29, 0.717) is 0 Å². The lowest BCUT2D eigenvalue weighted by atomic mass is 9.88. The summed E-state index contributed by atoms with van der Waals surface area (Å²) in [6.45, 7) is 9.01. The van der Waals surface area contributed by atoms with Crippen molar-refractivity contribution in [1.82, 2.24) is 0 Å². The molecular formula is C11H22. The van der Waals surface area contributed by atoms with E-state index in [1.165, 1.54) is 19.3 Å². The van der Waals surface area contributed by atoms with Gasteiger partial charge in [-0.2, -0.15) is 0 Å². The van der Waals surface area contributed by atoms with Crippen molar-refractivity contribution >= 4 is 0 Å². The summed E-state index contributed by atoms with van der Waals surface area (Å²) in [5.41, 5.74) is 0. The van der Waals surface area contributed by atoms with Crippen LogP contribution in [0.25, 0.3) is 0 Å². The summed E-state index contributed by atoms with van der Waals surface area (Å²) in [6.07, 6.45) is 8.49. The van der Waals surface area contributed by atoms with Gasteiger partial charge in [-0.1, -0.05) is 45.8 Å². The van der Waals surface area contributed by atoms with Crippen LogP contribution in [0.1, 0.15) is 47.0 Å². The minimum Gasteiger partial charge on any atom is -0.0914 e. The minimum absolute atomic E-state index is 0.806. The van der Waals surface area contributed by atoms with Gasteiger partial charge in [0, 0.05) is 0 Å². The summed E-state index contributed by atoms with van der Waals surface area (Å²) in [5.74, 6) is 1.67. The first kappa shape index (κ1) is 10.7. The molecule has 0 aliphatic rings. The Hall–Kier alpha value is -0.260. The Balaban J connectivity index is 3.80. The number of allylic oxidation sites excluding steroid dienone is 2. The topological polar surface area (TPSA) is 0 Å². The maximum atomic E-state index is 2.36. The molecule has 0 aromatic carbocycles. The molecule has 0 saturated carbocycles. The van der Waals surface area contributed by atoms with Crippen LogP contribution in [0.15, 0.2) is 12.2 Å². The van der Waals surface area contributed by atoms with Gasteiger partial charge in [0.1, 0.15) is 0 Å². The molecule has 0 amide bonds. The Kier molecular flexibility index (Phi) is 6.30. The molecule has 0 fully saturated rings. The third-order valence-electron chi connectivity index (χ3n) is 2.39. The van der Waals surface area contributed by atoms with Gasteiger partial charge in [-0.15, -0.1) is 0 Å². The molecule has 11 heavy (non-hydrogen) atoms. The van der Waals surface area contributed by atoms with Gasteiger partial charge < -0.3 is 0 Å². The Morgan fingerprint density at radius 2 is 1.91 bits per heavy atom. The van der Waals surface area contributed by atoms with Gasteiger partial charge in [-0.05, 0) is 25.2 Å². The zero-order valence-electron chi connectivity index (χ0n) is 8.43. The summed E-state index contributed by atoms with van der Waals surface area (Å²) in [5, 5.41) is 0. The fourth-order valence-corrected chi connectivity index (χ4v) is 1.64. The molecule has 0 aromatic heterocycles. The smallest absolute Gasteiger partial charge is 0.0211 e. The fraction of sp³-hybridized carbons (Fsp3) is 0.818. The largest absolute Gasteiger partial charge is 0.0914 e.